The molecule has 0 amide bonds. The molecule has 0 aliphatic heterocycles. The van der Waals surface area contributed by atoms with Gasteiger partial charge in [0.1, 0.15) is 11.4 Å². The van der Waals surface area contributed by atoms with Crippen LogP contribution < -0.4 is 0 Å². The highest BCUT2D eigenvalue weighted by atomic mass is 16.5. The van der Waals surface area contributed by atoms with Crippen molar-refractivity contribution in [2.45, 2.75) is 80.3 Å². The van der Waals surface area contributed by atoms with Gasteiger partial charge in [-0.2, -0.15) is 5.26 Å². The normalized spacial score (nSPS) is 13.2. The maximum absolute atomic E-state index is 9.56. The fourth-order valence-electron chi connectivity index (χ4n) is 2.87. The Morgan fingerprint density at radius 3 is 2.39 bits per heavy atom. The van der Waals surface area contributed by atoms with Crippen molar-refractivity contribution >= 4 is 5.71 Å². The summed E-state index contributed by atoms with van der Waals surface area (Å²) in [5.41, 5.74) is 5.36. The summed E-state index contributed by atoms with van der Waals surface area (Å²) >= 11 is 0. The van der Waals surface area contributed by atoms with Crippen LogP contribution in [-0.4, -0.2) is 11.3 Å². The van der Waals surface area contributed by atoms with Gasteiger partial charge in [0, 0.05) is 17.0 Å². The Kier molecular flexibility index (Phi) is 8.69. The molecule has 0 saturated heterocycles. The van der Waals surface area contributed by atoms with E-state index in [9.17, 15) is 5.26 Å². The van der Waals surface area contributed by atoms with Gasteiger partial charge in [-0.15, -0.1) is 0 Å². The summed E-state index contributed by atoms with van der Waals surface area (Å²) in [5, 5.41) is 9.56. The second-order valence-corrected chi connectivity index (χ2v) is 8.68. The molecule has 28 heavy (non-hydrogen) atoms. The molecule has 0 unspecified atom stereocenters. The van der Waals surface area contributed by atoms with Crippen molar-refractivity contribution in [3.05, 3.63) is 58.5 Å². The molecule has 3 nitrogen and oxygen atoms in total. The van der Waals surface area contributed by atoms with Crippen molar-refractivity contribution in [2.75, 3.05) is 0 Å². The molecular formula is C25H36N2O. The molecule has 0 aliphatic carbocycles. The highest BCUT2D eigenvalue weighted by Gasteiger charge is 2.15. The molecule has 1 aromatic carbocycles. The standard InChI is InChI=1S/C25H36N2O/c1-10-24(18(4)20(6)28-25(7,8)9)27-19(5)22-14-13-21(12-11-17(2)3)23(15-22)16-26/h13-15,17H,6,10-12H2,1-5,7-9H3/b24-18+,27-19?. The summed E-state index contributed by atoms with van der Waals surface area (Å²) in [6, 6.07) is 8.44. The van der Waals surface area contributed by atoms with Gasteiger partial charge in [0.25, 0.3) is 0 Å². The average Bonchev–Trinajstić information content (AvgIpc) is 2.61. The van der Waals surface area contributed by atoms with E-state index in [2.05, 4.69) is 45.6 Å². The predicted octanol–water partition coefficient (Wildman–Crippen LogP) is 6.97. The van der Waals surface area contributed by atoms with Gasteiger partial charge in [-0.05, 0) is 77.0 Å². The van der Waals surface area contributed by atoms with Crippen LogP contribution in [0.1, 0.15) is 84.9 Å². The molecule has 152 valence electrons. The van der Waals surface area contributed by atoms with Gasteiger partial charge in [0.15, 0.2) is 0 Å². The lowest BCUT2D eigenvalue weighted by atomic mass is 9.96. The van der Waals surface area contributed by atoms with Gasteiger partial charge in [0.2, 0.25) is 0 Å². The van der Waals surface area contributed by atoms with Crippen LogP contribution in [0.15, 0.2) is 46.8 Å². The number of aliphatic imine (C=N–C) groups is 1. The Morgan fingerprint density at radius 1 is 1.25 bits per heavy atom. The fraction of sp³-hybridized carbons (Fsp3) is 0.520. The van der Waals surface area contributed by atoms with Gasteiger partial charge >= 0.3 is 0 Å². The van der Waals surface area contributed by atoms with Crippen molar-refractivity contribution in [3.63, 3.8) is 0 Å². The molecule has 0 heterocycles. The van der Waals surface area contributed by atoms with E-state index in [1.165, 1.54) is 0 Å². The molecular weight excluding hydrogens is 344 g/mol. The van der Waals surface area contributed by atoms with Crippen molar-refractivity contribution < 1.29 is 4.74 Å². The minimum absolute atomic E-state index is 0.288. The molecule has 3 heteroatoms. The summed E-state index contributed by atoms with van der Waals surface area (Å²) in [6.45, 7) is 20.6. The summed E-state index contributed by atoms with van der Waals surface area (Å²) in [4.78, 5) is 4.84. The summed E-state index contributed by atoms with van der Waals surface area (Å²) in [6.07, 6.45) is 2.80. The average molecular weight is 381 g/mol. The molecule has 0 aliphatic rings. The lowest BCUT2D eigenvalue weighted by Gasteiger charge is -2.24. The number of allylic oxidation sites excluding steroid dienone is 2. The maximum atomic E-state index is 9.56. The topological polar surface area (TPSA) is 45.4 Å². The number of ether oxygens (including phenoxy) is 1. The highest BCUT2D eigenvalue weighted by Crippen LogP contribution is 2.24. The first-order valence-corrected chi connectivity index (χ1v) is 10.1. The summed E-state index contributed by atoms with van der Waals surface area (Å²) < 4.78 is 5.90. The predicted molar refractivity (Wildman–Crippen MR) is 119 cm³/mol. The Balaban J connectivity index is 3.18. The molecule has 0 aromatic heterocycles. The van der Waals surface area contributed by atoms with Gasteiger partial charge in [-0.3, -0.25) is 4.99 Å². The van der Waals surface area contributed by atoms with E-state index >= 15 is 0 Å². The van der Waals surface area contributed by atoms with Gasteiger partial charge in [-0.25, -0.2) is 0 Å². The molecule has 1 aromatic rings. The molecule has 1 rings (SSSR count). The first-order chi connectivity index (χ1) is 13.0. The summed E-state index contributed by atoms with van der Waals surface area (Å²) in [5.74, 6) is 1.28. The third kappa shape index (κ3) is 7.35. The van der Waals surface area contributed by atoms with E-state index in [1.54, 1.807) is 0 Å². The monoisotopic (exact) mass is 380 g/mol. The molecule has 0 N–H and O–H groups in total. The van der Waals surface area contributed by atoms with E-state index < -0.39 is 0 Å². The van der Waals surface area contributed by atoms with E-state index in [4.69, 9.17) is 9.73 Å². The Bertz CT molecular complexity index is 799. The van der Waals surface area contributed by atoms with Gasteiger partial charge in [0.05, 0.1) is 11.6 Å². The molecule has 0 saturated carbocycles. The SMILES string of the molecule is C=C(OC(C)(C)C)/C(C)=C(\CC)N=C(C)c1ccc(CCC(C)C)c(C#N)c1. The highest BCUT2D eigenvalue weighted by molar-refractivity contribution is 5.99. The Hall–Kier alpha value is -2.34. The van der Waals surface area contributed by atoms with Gasteiger partial charge < -0.3 is 4.74 Å². The van der Waals surface area contributed by atoms with Crippen LogP contribution in [0, 0.1) is 17.2 Å². The molecule has 0 atom stereocenters. The molecule has 0 radical (unpaired) electrons. The number of nitriles is 1. The van der Waals surface area contributed by atoms with E-state index in [0.29, 0.717) is 11.7 Å². The van der Waals surface area contributed by atoms with E-state index in [0.717, 1.165) is 52.9 Å². The molecule has 0 fully saturated rings. The Labute approximate surface area is 171 Å². The van der Waals surface area contributed by atoms with Crippen LogP contribution in [0.25, 0.3) is 0 Å². The van der Waals surface area contributed by atoms with Crippen molar-refractivity contribution in [3.8, 4) is 6.07 Å². The van der Waals surface area contributed by atoms with Gasteiger partial charge in [-0.1, -0.05) is 39.5 Å². The first-order valence-electron chi connectivity index (χ1n) is 10.1. The minimum atomic E-state index is -0.288. The number of hydrogen-bond donors (Lipinski definition) is 0. The van der Waals surface area contributed by atoms with Crippen LogP contribution in [0.5, 0.6) is 0 Å². The zero-order chi connectivity index (χ0) is 21.5. The van der Waals surface area contributed by atoms with Crippen LogP contribution in [-0.2, 0) is 11.2 Å². The second-order valence-electron chi connectivity index (χ2n) is 8.68. The summed E-state index contributed by atoms with van der Waals surface area (Å²) in [7, 11) is 0. The van der Waals surface area contributed by atoms with Crippen molar-refractivity contribution in [1.82, 2.24) is 0 Å². The third-order valence-electron chi connectivity index (χ3n) is 4.56. The number of benzene rings is 1. The third-order valence-corrected chi connectivity index (χ3v) is 4.56. The second kappa shape index (κ2) is 10.3. The van der Waals surface area contributed by atoms with Crippen molar-refractivity contribution in [1.29, 1.82) is 5.26 Å². The van der Waals surface area contributed by atoms with Crippen LogP contribution in [0.4, 0.5) is 0 Å². The smallest absolute Gasteiger partial charge is 0.117 e. The van der Waals surface area contributed by atoms with Crippen LogP contribution >= 0.6 is 0 Å². The van der Waals surface area contributed by atoms with E-state index in [1.807, 2.05) is 40.7 Å². The number of hydrogen-bond acceptors (Lipinski definition) is 3. The quantitative estimate of drug-likeness (QED) is 0.278. The lowest BCUT2D eigenvalue weighted by Crippen LogP contribution is -2.19. The zero-order valence-electron chi connectivity index (χ0n) is 18.9. The maximum Gasteiger partial charge on any atom is 0.117 e. The largest absolute Gasteiger partial charge is 0.488 e. The molecule has 0 spiro atoms. The number of nitrogens with zero attached hydrogens (tertiary/aromatic N) is 2. The minimum Gasteiger partial charge on any atom is -0.488 e. The zero-order valence-corrected chi connectivity index (χ0v) is 18.9. The first kappa shape index (κ1) is 23.7. The van der Waals surface area contributed by atoms with Crippen molar-refractivity contribution in [2.24, 2.45) is 10.9 Å². The Morgan fingerprint density at radius 2 is 1.89 bits per heavy atom. The molecule has 0 bridgehead atoms. The van der Waals surface area contributed by atoms with Crippen LogP contribution in [0.2, 0.25) is 0 Å². The van der Waals surface area contributed by atoms with Crippen LogP contribution in [0.3, 0.4) is 0 Å². The number of aryl methyl sites for hydroxylation is 1. The lowest BCUT2D eigenvalue weighted by molar-refractivity contribution is 0.0580. The number of rotatable bonds is 8. The fourth-order valence-corrected chi connectivity index (χ4v) is 2.87. The van der Waals surface area contributed by atoms with E-state index in [-0.39, 0.29) is 5.60 Å².